The van der Waals surface area contributed by atoms with E-state index in [1.54, 1.807) is 17.6 Å². The lowest BCUT2D eigenvalue weighted by Gasteiger charge is -2.00. The molecule has 15 heavy (non-hydrogen) atoms. The molecule has 3 nitrogen and oxygen atoms in total. The van der Waals surface area contributed by atoms with Crippen molar-refractivity contribution in [2.75, 3.05) is 0 Å². The number of rotatable bonds is 4. The van der Waals surface area contributed by atoms with Gasteiger partial charge in [0.2, 0.25) is 0 Å². The SMILES string of the molecule is Cc1csc(CNCc2occc2C)n1. The summed E-state index contributed by atoms with van der Waals surface area (Å²) in [4.78, 5) is 4.38. The lowest BCUT2D eigenvalue weighted by molar-refractivity contribution is 0.480. The van der Waals surface area contributed by atoms with Crippen LogP contribution < -0.4 is 5.32 Å². The van der Waals surface area contributed by atoms with Crippen molar-refractivity contribution in [2.45, 2.75) is 26.9 Å². The Hall–Kier alpha value is -1.13. The Morgan fingerprint density at radius 2 is 2.27 bits per heavy atom. The summed E-state index contributed by atoms with van der Waals surface area (Å²) in [6.07, 6.45) is 1.72. The molecular weight excluding hydrogens is 208 g/mol. The fraction of sp³-hybridized carbons (Fsp3) is 0.364. The van der Waals surface area contributed by atoms with E-state index in [4.69, 9.17) is 4.42 Å². The molecule has 4 heteroatoms. The lowest BCUT2D eigenvalue weighted by atomic mass is 10.3. The molecule has 0 aliphatic rings. The molecule has 0 amide bonds. The standard InChI is InChI=1S/C11H14N2OS/c1-8-3-4-14-10(8)5-12-6-11-13-9(2)7-15-11/h3-4,7,12H,5-6H2,1-2H3. The molecule has 0 radical (unpaired) electrons. The minimum Gasteiger partial charge on any atom is -0.468 e. The Labute approximate surface area is 93.2 Å². The molecule has 0 aromatic carbocycles. The van der Waals surface area contributed by atoms with E-state index in [2.05, 4.69) is 15.7 Å². The van der Waals surface area contributed by atoms with Gasteiger partial charge < -0.3 is 9.73 Å². The van der Waals surface area contributed by atoms with Crippen molar-refractivity contribution in [3.05, 3.63) is 39.7 Å². The number of hydrogen-bond donors (Lipinski definition) is 1. The first-order valence-electron chi connectivity index (χ1n) is 4.90. The van der Waals surface area contributed by atoms with Crippen LogP contribution in [-0.4, -0.2) is 4.98 Å². The number of aromatic nitrogens is 1. The van der Waals surface area contributed by atoms with E-state index in [0.29, 0.717) is 0 Å². The predicted octanol–water partition coefficient (Wildman–Crippen LogP) is 2.64. The van der Waals surface area contributed by atoms with E-state index in [1.807, 2.05) is 19.9 Å². The zero-order chi connectivity index (χ0) is 10.7. The molecular formula is C11H14N2OS. The van der Waals surface area contributed by atoms with Crippen molar-refractivity contribution in [3.63, 3.8) is 0 Å². The molecule has 0 saturated heterocycles. The summed E-state index contributed by atoms with van der Waals surface area (Å²) in [5.41, 5.74) is 2.28. The molecule has 1 N–H and O–H groups in total. The monoisotopic (exact) mass is 222 g/mol. The Morgan fingerprint density at radius 1 is 1.40 bits per heavy atom. The smallest absolute Gasteiger partial charge is 0.120 e. The second kappa shape index (κ2) is 4.59. The summed E-state index contributed by atoms with van der Waals surface area (Å²) in [5, 5.41) is 6.50. The minimum absolute atomic E-state index is 0.761. The normalized spacial score (nSPS) is 10.8. The Morgan fingerprint density at radius 3 is 2.87 bits per heavy atom. The van der Waals surface area contributed by atoms with Crippen molar-refractivity contribution in [2.24, 2.45) is 0 Å². The van der Waals surface area contributed by atoms with Crippen LogP contribution in [0.1, 0.15) is 22.0 Å². The quantitative estimate of drug-likeness (QED) is 0.864. The number of nitrogens with zero attached hydrogens (tertiary/aromatic N) is 1. The summed E-state index contributed by atoms with van der Waals surface area (Å²) in [5.74, 6) is 1.00. The van der Waals surface area contributed by atoms with Crippen molar-refractivity contribution < 1.29 is 4.42 Å². The third-order valence-corrected chi connectivity index (χ3v) is 3.16. The molecule has 0 fully saturated rings. The van der Waals surface area contributed by atoms with E-state index in [1.165, 1.54) is 5.56 Å². The predicted molar refractivity (Wildman–Crippen MR) is 60.8 cm³/mol. The van der Waals surface area contributed by atoms with Gasteiger partial charge in [-0.3, -0.25) is 0 Å². The highest BCUT2D eigenvalue weighted by molar-refractivity contribution is 7.09. The second-order valence-corrected chi connectivity index (χ2v) is 4.46. The summed E-state index contributed by atoms with van der Waals surface area (Å²) in [6.45, 7) is 5.63. The van der Waals surface area contributed by atoms with E-state index < -0.39 is 0 Å². The van der Waals surface area contributed by atoms with Gasteiger partial charge in [0.15, 0.2) is 0 Å². The summed E-state index contributed by atoms with van der Waals surface area (Å²) >= 11 is 1.69. The van der Waals surface area contributed by atoms with Gasteiger partial charge in [-0.1, -0.05) is 0 Å². The third kappa shape index (κ3) is 2.67. The molecule has 0 aliphatic carbocycles. The lowest BCUT2D eigenvalue weighted by Crippen LogP contribution is -2.12. The number of hydrogen-bond acceptors (Lipinski definition) is 4. The van der Waals surface area contributed by atoms with Gasteiger partial charge >= 0.3 is 0 Å². The highest BCUT2D eigenvalue weighted by Gasteiger charge is 2.02. The topological polar surface area (TPSA) is 38.1 Å². The van der Waals surface area contributed by atoms with Crippen LogP contribution in [0.4, 0.5) is 0 Å². The first-order valence-corrected chi connectivity index (χ1v) is 5.78. The van der Waals surface area contributed by atoms with Crippen LogP contribution in [0.2, 0.25) is 0 Å². The zero-order valence-electron chi connectivity index (χ0n) is 8.91. The van der Waals surface area contributed by atoms with Gasteiger partial charge in [-0.2, -0.15) is 0 Å². The summed E-state index contributed by atoms with van der Waals surface area (Å²) in [6, 6.07) is 1.98. The average Bonchev–Trinajstić information content (AvgIpc) is 2.77. The molecule has 0 atom stereocenters. The van der Waals surface area contributed by atoms with Gasteiger partial charge in [-0.25, -0.2) is 4.98 Å². The molecule has 0 aliphatic heterocycles. The first kappa shape index (κ1) is 10.4. The Kier molecular flexibility index (Phi) is 3.18. The first-order chi connectivity index (χ1) is 7.25. The minimum atomic E-state index is 0.761. The number of aryl methyl sites for hydroxylation is 2. The maximum Gasteiger partial charge on any atom is 0.120 e. The van der Waals surface area contributed by atoms with Crippen LogP contribution in [0.5, 0.6) is 0 Å². The van der Waals surface area contributed by atoms with Crippen molar-refractivity contribution >= 4 is 11.3 Å². The highest BCUT2D eigenvalue weighted by Crippen LogP contribution is 2.10. The van der Waals surface area contributed by atoms with Crippen molar-refractivity contribution in [3.8, 4) is 0 Å². The van der Waals surface area contributed by atoms with Gasteiger partial charge in [-0.05, 0) is 25.5 Å². The molecule has 2 aromatic rings. The van der Waals surface area contributed by atoms with Crippen LogP contribution in [0, 0.1) is 13.8 Å². The molecule has 80 valence electrons. The van der Waals surface area contributed by atoms with Crippen LogP contribution in [0.3, 0.4) is 0 Å². The summed E-state index contributed by atoms with van der Waals surface area (Å²) in [7, 11) is 0. The maximum absolute atomic E-state index is 5.33. The second-order valence-electron chi connectivity index (χ2n) is 3.51. The Bertz CT molecular complexity index is 433. The highest BCUT2D eigenvalue weighted by atomic mass is 32.1. The molecule has 0 spiro atoms. The van der Waals surface area contributed by atoms with Crippen LogP contribution in [0.25, 0.3) is 0 Å². The van der Waals surface area contributed by atoms with Crippen LogP contribution >= 0.6 is 11.3 Å². The molecule has 2 rings (SSSR count). The van der Waals surface area contributed by atoms with Crippen molar-refractivity contribution in [1.82, 2.24) is 10.3 Å². The maximum atomic E-state index is 5.33. The van der Waals surface area contributed by atoms with Crippen molar-refractivity contribution in [1.29, 1.82) is 0 Å². The third-order valence-electron chi connectivity index (χ3n) is 2.20. The van der Waals surface area contributed by atoms with Gasteiger partial charge in [0.1, 0.15) is 10.8 Å². The van der Waals surface area contributed by atoms with E-state index in [0.717, 1.165) is 29.6 Å². The number of thiazole rings is 1. The Balaban J connectivity index is 1.83. The van der Waals surface area contributed by atoms with E-state index in [9.17, 15) is 0 Å². The molecule has 2 heterocycles. The fourth-order valence-corrected chi connectivity index (χ4v) is 2.09. The van der Waals surface area contributed by atoms with E-state index >= 15 is 0 Å². The summed E-state index contributed by atoms with van der Waals surface area (Å²) < 4.78 is 5.33. The van der Waals surface area contributed by atoms with Gasteiger partial charge in [-0.15, -0.1) is 11.3 Å². The number of furan rings is 1. The largest absolute Gasteiger partial charge is 0.468 e. The van der Waals surface area contributed by atoms with Gasteiger partial charge in [0.05, 0.1) is 12.8 Å². The van der Waals surface area contributed by atoms with Gasteiger partial charge in [0, 0.05) is 17.6 Å². The zero-order valence-corrected chi connectivity index (χ0v) is 9.73. The fourth-order valence-electron chi connectivity index (χ4n) is 1.35. The van der Waals surface area contributed by atoms with Gasteiger partial charge in [0.25, 0.3) is 0 Å². The number of nitrogens with one attached hydrogen (secondary N) is 1. The molecule has 2 aromatic heterocycles. The van der Waals surface area contributed by atoms with E-state index in [-0.39, 0.29) is 0 Å². The average molecular weight is 222 g/mol. The van der Waals surface area contributed by atoms with Crippen LogP contribution in [-0.2, 0) is 13.1 Å². The van der Waals surface area contributed by atoms with Crippen LogP contribution in [0.15, 0.2) is 22.1 Å². The molecule has 0 unspecified atom stereocenters. The molecule has 0 bridgehead atoms. The molecule has 0 saturated carbocycles.